The standard InChI is InChI=1S/C12H22N2/c1-12(2,3)7-10-14-9-4-5-11(14)6-8-13/h4-5,9H,6-8,10,13H2,1-3H3. The molecule has 0 saturated carbocycles. The van der Waals surface area contributed by atoms with E-state index in [1.807, 2.05) is 0 Å². The van der Waals surface area contributed by atoms with E-state index in [1.165, 1.54) is 12.1 Å². The van der Waals surface area contributed by atoms with Gasteiger partial charge < -0.3 is 10.3 Å². The van der Waals surface area contributed by atoms with Crippen LogP contribution in [0, 0.1) is 5.41 Å². The molecule has 0 fully saturated rings. The van der Waals surface area contributed by atoms with Crippen molar-refractivity contribution in [2.24, 2.45) is 11.1 Å². The highest BCUT2D eigenvalue weighted by Gasteiger charge is 2.10. The molecular weight excluding hydrogens is 172 g/mol. The fraction of sp³-hybridized carbons (Fsp3) is 0.667. The summed E-state index contributed by atoms with van der Waals surface area (Å²) < 4.78 is 2.32. The summed E-state index contributed by atoms with van der Waals surface area (Å²) in [5.41, 5.74) is 7.32. The smallest absolute Gasteiger partial charge is 0.0227 e. The van der Waals surface area contributed by atoms with Gasteiger partial charge in [0.25, 0.3) is 0 Å². The SMILES string of the molecule is CC(C)(C)CCn1cccc1CCN. The van der Waals surface area contributed by atoms with E-state index < -0.39 is 0 Å². The molecule has 0 aliphatic carbocycles. The van der Waals surface area contributed by atoms with E-state index in [0.717, 1.165) is 19.5 Å². The van der Waals surface area contributed by atoms with E-state index in [1.54, 1.807) is 0 Å². The second-order valence-electron chi connectivity index (χ2n) is 5.04. The highest BCUT2D eigenvalue weighted by molar-refractivity contribution is 5.07. The molecule has 0 spiro atoms. The number of hydrogen-bond acceptors (Lipinski definition) is 1. The lowest BCUT2D eigenvalue weighted by Crippen LogP contribution is -2.13. The van der Waals surface area contributed by atoms with Gasteiger partial charge >= 0.3 is 0 Å². The third-order valence-electron chi connectivity index (χ3n) is 2.43. The van der Waals surface area contributed by atoms with Gasteiger partial charge in [-0.15, -0.1) is 0 Å². The van der Waals surface area contributed by atoms with Crippen molar-refractivity contribution < 1.29 is 0 Å². The molecule has 0 bridgehead atoms. The first-order valence-electron chi connectivity index (χ1n) is 5.37. The monoisotopic (exact) mass is 194 g/mol. The lowest BCUT2D eigenvalue weighted by molar-refractivity contribution is 0.348. The molecule has 0 atom stereocenters. The molecule has 2 heteroatoms. The van der Waals surface area contributed by atoms with E-state index >= 15 is 0 Å². The van der Waals surface area contributed by atoms with E-state index in [0.29, 0.717) is 5.41 Å². The Balaban J connectivity index is 2.53. The van der Waals surface area contributed by atoms with Crippen LogP contribution >= 0.6 is 0 Å². The molecule has 1 heterocycles. The Morgan fingerprint density at radius 2 is 2.07 bits per heavy atom. The van der Waals surface area contributed by atoms with Crippen LogP contribution < -0.4 is 5.73 Å². The van der Waals surface area contributed by atoms with Gasteiger partial charge in [0.2, 0.25) is 0 Å². The molecule has 1 aromatic heterocycles. The summed E-state index contributed by atoms with van der Waals surface area (Å²) in [4.78, 5) is 0. The number of aromatic nitrogens is 1. The summed E-state index contributed by atoms with van der Waals surface area (Å²) in [6.07, 6.45) is 4.34. The molecule has 2 nitrogen and oxygen atoms in total. The zero-order chi connectivity index (χ0) is 10.6. The first kappa shape index (κ1) is 11.3. The highest BCUT2D eigenvalue weighted by atomic mass is 15.0. The van der Waals surface area contributed by atoms with Crippen molar-refractivity contribution in [3.05, 3.63) is 24.0 Å². The van der Waals surface area contributed by atoms with Gasteiger partial charge in [0, 0.05) is 18.4 Å². The Hall–Kier alpha value is -0.760. The minimum Gasteiger partial charge on any atom is -0.351 e. The Morgan fingerprint density at radius 1 is 1.36 bits per heavy atom. The van der Waals surface area contributed by atoms with Gasteiger partial charge in [0.1, 0.15) is 0 Å². The molecule has 0 aromatic carbocycles. The van der Waals surface area contributed by atoms with Crippen molar-refractivity contribution >= 4 is 0 Å². The molecule has 14 heavy (non-hydrogen) atoms. The summed E-state index contributed by atoms with van der Waals surface area (Å²) >= 11 is 0. The van der Waals surface area contributed by atoms with Crippen LogP contribution in [0.4, 0.5) is 0 Å². The van der Waals surface area contributed by atoms with Crippen LogP contribution in [0.5, 0.6) is 0 Å². The molecular formula is C12H22N2. The van der Waals surface area contributed by atoms with E-state index in [-0.39, 0.29) is 0 Å². The van der Waals surface area contributed by atoms with Crippen LogP contribution in [0.3, 0.4) is 0 Å². The topological polar surface area (TPSA) is 30.9 Å². The third kappa shape index (κ3) is 3.54. The van der Waals surface area contributed by atoms with Gasteiger partial charge in [0.15, 0.2) is 0 Å². The summed E-state index contributed by atoms with van der Waals surface area (Å²) in [5, 5.41) is 0. The predicted octanol–water partition coefficient (Wildman–Crippen LogP) is 2.43. The lowest BCUT2D eigenvalue weighted by Gasteiger charge is -2.19. The summed E-state index contributed by atoms with van der Waals surface area (Å²) in [7, 11) is 0. The number of hydrogen-bond donors (Lipinski definition) is 1. The first-order chi connectivity index (χ1) is 6.53. The molecule has 0 saturated heterocycles. The molecule has 0 aliphatic rings. The Labute approximate surface area is 87.1 Å². The molecule has 0 amide bonds. The van der Waals surface area contributed by atoms with Crippen molar-refractivity contribution in [1.82, 2.24) is 4.57 Å². The Morgan fingerprint density at radius 3 is 2.64 bits per heavy atom. The number of nitrogens with two attached hydrogens (primary N) is 1. The zero-order valence-electron chi connectivity index (χ0n) is 9.59. The van der Waals surface area contributed by atoms with Crippen LogP contribution in [0.2, 0.25) is 0 Å². The van der Waals surface area contributed by atoms with Crippen molar-refractivity contribution in [2.45, 2.75) is 40.2 Å². The van der Waals surface area contributed by atoms with Crippen LogP contribution in [-0.4, -0.2) is 11.1 Å². The fourth-order valence-corrected chi connectivity index (χ4v) is 1.50. The Bertz CT molecular complexity index is 268. The maximum absolute atomic E-state index is 5.56. The molecule has 80 valence electrons. The Kier molecular flexibility index (Phi) is 3.76. The molecule has 1 aromatic rings. The van der Waals surface area contributed by atoms with Gasteiger partial charge in [-0.1, -0.05) is 20.8 Å². The van der Waals surface area contributed by atoms with Crippen LogP contribution in [-0.2, 0) is 13.0 Å². The highest BCUT2D eigenvalue weighted by Crippen LogP contribution is 2.20. The fourth-order valence-electron chi connectivity index (χ4n) is 1.50. The second-order valence-corrected chi connectivity index (χ2v) is 5.04. The second kappa shape index (κ2) is 4.65. The van der Waals surface area contributed by atoms with E-state index in [4.69, 9.17) is 5.73 Å². The van der Waals surface area contributed by atoms with Crippen molar-refractivity contribution in [3.8, 4) is 0 Å². The van der Waals surface area contributed by atoms with Crippen LogP contribution in [0.25, 0.3) is 0 Å². The van der Waals surface area contributed by atoms with Crippen LogP contribution in [0.15, 0.2) is 18.3 Å². The van der Waals surface area contributed by atoms with Gasteiger partial charge in [0.05, 0.1) is 0 Å². The van der Waals surface area contributed by atoms with Crippen molar-refractivity contribution in [3.63, 3.8) is 0 Å². The average Bonchev–Trinajstić information content (AvgIpc) is 2.48. The van der Waals surface area contributed by atoms with Gasteiger partial charge in [-0.25, -0.2) is 0 Å². The average molecular weight is 194 g/mol. The minimum absolute atomic E-state index is 0.407. The maximum Gasteiger partial charge on any atom is 0.0227 e. The van der Waals surface area contributed by atoms with Gasteiger partial charge in [-0.05, 0) is 36.9 Å². The summed E-state index contributed by atoms with van der Waals surface area (Å²) in [5.74, 6) is 0. The predicted molar refractivity (Wildman–Crippen MR) is 61.3 cm³/mol. The van der Waals surface area contributed by atoms with E-state index in [9.17, 15) is 0 Å². The normalized spacial score (nSPS) is 12.0. The lowest BCUT2D eigenvalue weighted by atomic mass is 9.92. The largest absolute Gasteiger partial charge is 0.351 e. The molecule has 0 radical (unpaired) electrons. The first-order valence-corrected chi connectivity index (χ1v) is 5.37. The molecule has 0 unspecified atom stereocenters. The summed E-state index contributed by atoms with van der Waals surface area (Å²) in [6.45, 7) is 8.67. The number of aryl methyl sites for hydroxylation is 1. The maximum atomic E-state index is 5.56. The number of rotatable bonds is 4. The van der Waals surface area contributed by atoms with E-state index in [2.05, 4.69) is 43.7 Å². The van der Waals surface area contributed by atoms with Gasteiger partial charge in [-0.2, -0.15) is 0 Å². The summed E-state index contributed by atoms with van der Waals surface area (Å²) in [6, 6.07) is 4.27. The van der Waals surface area contributed by atoms with Crippen LogP contribution in [0.1, 0.15) is 32.9 Å². The van der Waals surface area contributed by atoms with Crippen molar-refractivity contribution in [2.75, 3.05) is 6.54 Å². The molecule has 0 aliphatic heterocycles. The third-order valence-corrected chi connectivity index (χ3v) is 2.43. The van der Waals surface area contributed by atoms with Crippen molar-refractivity contribution in [1.29, 1.82) is 0 Å². The number of nitrogens with zero attached hydrogens (tertiary/aromatic N) is 1. The van der Waals surface area contributed by atoms with Gasteiger partial charge in [-0.3, -0.25) is 0 Å². The zero-order valence-corrected chi connectivity index (χ0v) is 9.59. The molecule has 2 N–H and O–H groups in total. The minimum atomic E-state index is 0.407. The molecule has 1 rings (SSSR count). The quantitative estimate of drug-likeness (QED) is 0.784.